The SMILES string of the molecule is CCC/C=C/CC/C=C/C(O)C(COP(=O)(O)OCCN)NC(=O)CC(O)CCCCCCCCCCCCCCCCCC. The number of amides is 1. The largest absolute Gasteiger partial charge is 0.472 e. The van der Waals surface area contributed by atoms with Gasteiger partial charge in [0.25, 0.3) is 0 Å². The summed E-state index contributed by atoms with van der Waals surface area (Å²) in [6.45, 7) is 3.82. The van der Waals surface area contributed by atoms with E-state index in [1.807, 2.05) is 0 Å². The Bertz CT molecular complexity index is 781. The topological polar surface area (TPSA) is 151 Å². The minimum absolute atomic E-state index is 0.0451. The molecular weight excluding hydrogens is 591 g/mol. The number of allylic oxidation sites excluding steroid dienone is 3. The molecule has 0 aromatic heterocycles. The van der Waals surface area contributed by atoms with Gasteiger partial charge in [-0.2, -0.15) is 0 Å². The van der Waals surface area contributed by atoms with Crippen LogP contribution in [0.15, 0.2) is 24.3 Å². The summed E-state index contributed by atoms with van der Waals surface area (Å²) in [5.74, 6) is -0.460. The van der Waals surface area contributed by atoms with Gasteiger partial charge in [0.2, 0.25) is 5.91 Å². The Morgan fingerprint density at radius 2 is 1.27 bits per heavy atom. The quantitative estimate of drug-likeness (QED) is 0.0270. The highest BCUT2D eigenvalue weighted by molar-refractivity contribution is 7.47. The summed E-state index contributed by atoms with van der Waals surface area (Å²) < 4.78 is 21.8. The van der Waals surface area contributed by atoms with Crippen molar-refractivity contribution in [2.24, 2.45) is 5.73 Å². The van der Waals surface area contributed by atoms with E-state index < -0.39 is 38.6 Å². The van der Waals surface area contributed by atoms with Gasteiger partial charge in [0, 0.05) is 6.54 Å². The van der Waals surface area contributed by atoms with E-state index in [9.17, 15) is 24.5 Å². The molecule has 0 fully saturated rings. The first-order chi connectivity index (χ1) is 21.8. The Morgan fingerprint density at radius 1 is 0.756 bits per heavy atom. The minimum atomic E-state index is -4.39. The molecule has 0 saturated heterocycles. The van der Waals surface area contributed by atoms with Crippen LogP contribution in [0.1, 0.15) is 155 Å². The molecule has 0 aliphatic rings. The van der Waals surface area contributed by atoms with Crippen molar-refractivity contribution in [2.75, 3.05) is 19.8 Å². The summed E-state index contributed by atoms with van der Waals surface area (Å²) in [5.41, 5.74) is 5.32. The first-order valence-corrected chi connectivity index (χ1v) is 19.5. The number of carbonyl (C=O) groups is 1. The molecule has 4 atom stereocenters. The van der Waals surface area contributed by atoms with Gasteiger partial charge in [-0.15, -0.1) is 0 Å². The van der Waals surface area contributed by atoms with Crippen molar-refractivity contribution in [3.63, 3.8) is 0 Å². The van der Waals surface area contributed by atoms with Crippen molar-refractivity contribution >= 4 is 13.7 Å². The number of aliphatic hydroxyl groups is 2. The van der Waals surface area contributed by atoms with Crippen molar-refractivity contribution in [2.45, 2.75) is 173 Å². The second kappa shape index (κ2) is 31.5. The Hall–Kier alpha value is -1.06. The molecule has 0 aliphatic carbocycles. The molecule has 6 N–H and O–H groups in total. The van der Waals surface area contributed by atoms with Crippen LogP contribution in [0.2, 0.25) is 0 Å². The Morgan fingerprint density at radius 3 is 1.80 bits per heavy atom. The van der Waals surface area contributed by atoms with Crippen LogP contribution in [-0.2, 0) is 18.4 Å². The normalized spacial score (nSPS) is 15.4. The molecular formula is C35H69N2O7P. The van der Waals surface area contributed by atoms with Crippen LogP contribution in [0.5, 0.6) is 0 Å². The van der Waals surface area contributed by atoms with E-state index in [1.54, 1.807) is 6.08 Å². The lowest BCUT2D eigenvalue weighted by Gasteiger charge is -2.24. The van der Waals surface area contributed by atoms with Gasteiger partial charge in [0.05, 0.1) is 37.9 Å². The average Bonchev–Trinajstić information content (AvgIpc) is 3.01. The van der Waals surface area contributed by atoms with Crippen LogP contribution in [0.3, 0.4) is 0 Å². The number of carbonyl (C=O) groups excluding carboxylic acids is 1. The Kier molecular flexibility index (Phi) is 30.8. The predicted molar refractivity (Wildman–Crippen MR) is 186 cm³/mol. The number of nitrogens with one attached hydrogen (secondary N) is 1. The van der Waals surface area contributed by atoms with E-state index in [1.165, 1.54) is 89.5 Å². The monoisotopic (exact) mass is 660 g/mol. The molecule has 0 bridgehead atoms. The van der Waals surface area contributed by atoms with E-state index in [2.05, 4.69) is 31.3 Å². The summed E-state index contributed by atoms with van der Waals surface area (Å²) in [4.78, 5) is 22.5. The standard InChI is InChI=1S/C35H69N2O7P/c1-3-5-7-9-11-12-13-14-15-16-17-18-19-21-22-24-26-32(38)30-35(40)37-33(31-44-45(41,42)43-29-28-36)34(39)27-25-23-20-10-8-6-4-2/h8,10,25,27,32-34,38-39H,3-7,9,11-24,26,28-31,36H2,1-2H3,(H,37,40)(H,41,42)/b10-8+,27-25+. The molecule has 266 valence electrons. The zero-order valence-corrected chi connectivity index (χ0v) is 29.6. The van der Waals surface area contributed by atoms with Crippen LogP contribution >= 0.6 is 7.82 Å². The number of phosphoric ester groups is 1. The van der Waals surface area contributed by atoms with E-state index in [4.69, 9.17) is 14.8 Å². The molecule has 0 aromatic carbocycles. The molecule has 10 heteroatoms. The Labute approximate surface area is 275 Å². The summed E-state index contributed by atoms with van der Waals surface area (Å²) in [7, 11) is -4.39. The lowest BCUT2D eigenvalue weighted by molar-refractivity contribution is -0.124. The maximum Gasteiger partial charge on any atom is 0.472 e. The highest BCUT2D eigenvalue weighted by Gasteiger charge is 2.27. The summed E-state index contributed by atoms with van der Waals surface area (Å²) >= 11 is 0. The van der Waals surface area contributed by atoms with Gasteiger partial charge < -0.3 is 26.2 Å². The number of hydrogen-bond donors (Lipinski definition) is 5. The minimum Gasteiger partial charge on any atom is -0.393 e. The summed E-state index contributed by atoms with van der Waals surface area (Å²) in [6, 6.07) is -0.992. The summed E-state index contributed by atoms with van der Waals surface area (Å²) in [6.07, 6.45) is 30.1. The maximum atomic E-state index is 12.7. The van der Waals surface area contributed by atoms with Crippen molar-refractivity contribution in [3.8, 4) is 0 Å². The molecule has 0 aromatic rings. The van der Waals surface area contributed by atoms with E-state index in [0.717, 1.165) is 38.5 Å². The van der Waals surface area contributed by atoms with Crippen molar-refractivity contribution in [1.82, 2.24) is 5.32 Å². The second-order valence-corrected chi connectivity index (χ2v) is 13.7. The third-order valence-electron chi connectivity index (χ3n) is 7.82. The van der Waals surface area contributed by atoms with Crippen LogP contribution in [-0.4, -0.2) is 59.0 Å². The van der Waals surface area contributed by atoms with Gasteiger partial charge in [-0.1, -0.05) is 147 Å². The molecule has 0 radical (unpaired) electrons. The maximum absolute atomic E-state index is 12.7. The molecule has 0 saturated carbocycles. The third-order valence-corrected chi connectivity index (χ3v) is 8.80. The summed E-state index contributed by atoms with van der Waals surface area (Å²) in [5, 5.41) is 23.7. The molecule has 1 amide bonds. The molecule has 0 rings (SSSR count). The molecule has 0 spiro atoms. The lowest BCUT2D eigenvalue weighted by atomic mass is 10.0. The van der Waals surface area contributed by atoms with Crippen molar-refractivity contribution in [3.05, 3.63) is 24.3 Å². The number of rotatable bonds is 33. The zero-order chi connectivity index (χ0) is 33.4. The first kappa shape index (κ1) is 43.9. The molecule has 4 unspecified atom stereocenters. The highest BCUT2D eigenvalue weighted by atomic mass is 31.2. The fraction of sp³-hybridized carbons (Fsp3) is 0.857. The fourth-order valence-electron chi connectivity index (χ4n) is 5.08. The molecule has 45 heavy (non-hydrogen) atoms. The zero-order valence-electron chi connectivity index (χ0n) is 28.7. The van der Waals surface area contributed by atoms with Gasteiger partial charge >= 0.3 is 7.82 Å². The number of unbranched alkanes of at least 4 members (excludes halogenated alkanes) is 17. The van der Waals surface area contributed by atoms with Crippen LogP contribution in [0.25, 0.3) is 0 Å². The lowest BCUT2D eigenvalue weighted by Crippen LogP contribution is -2.46. The Balaban J connectivity index is 4.28. The van der Waals surface area contributed by atoms with Gasteiger partial charge in [0.15, 0.2) is 0 Å². The van der Waals surface area contributed by atoms with Crippen LogP contribution in [0, 0.1) is 0 Å². The van der Waals surface area contributed by atoms with Crippen LogP contribution in [0.4, 0.5) is 0 Å². The van der Waals surface area contributed by atoms with E-state index >= 15 is 0 Å². The number of hydrogen-bond acceptors (Lipinski definition) is 7. The van der Waals surface area contributed by atoms with E-state index in [-0.39, 0.29) is 19.6 Å². The van der Waals surface area contributed by atoms with Gasteiger partial charge in [0.1, 0.15) is 0 Å². The smallest absolute Gasteiger partial charge is 0.393 e. The number of aliphatic hydroxyl groups excluding tert-OH is 2. The highest BCUT2D eigenvalue weighted by Crippen LogP contribution is 2.43. The molecule has 0 heterocycles. The fourth-order valence-corrected chi connectivity index (χ4v) is 5.84. The van der Waals surface area contributed by atoms with Crippen molar-refractivity contribution < 1.29 is 33.5 Å². The number of phosphoric acid groups is 1. The average molecular weight is 661 g/mol. The van der Waals surface area contributed by atoms with Gasteiger partial charge in [-0.3, -0.25) is 13.8 Å². The second-order valence-electron chi connectivity index (χ2n) is 12.3. The molecule has 9 nitrogen and oxygen atoms in total. The third kappa shape index (κ3) is 30.0. The first-order valence-electron chi connectivity index (χ1n) is 18.0. The van der Waals surface area contributed by atoms with Gasteiger partial charge in [-0.25, -0.2) is 4.57 Å². The molecule has 0 aliphatic heterocycles. The van der Waals surface area contributed by atoms with Crippen molar-refractivity contribution in [1.29, 1.82) is 0 Å². The predicted octanol–water partition coefficient (Wildman–Crippen LogP) is 8.02. The van der Waals surface area contributed by atoms with Crippen LogP contribution < -0.4 is 11.1 Å². The van der Waals surface area contributed by atoms with Gasteiger partial charge in [-0.05, 0) is 25.7 Å². The number of nitrogens with two attached hydrogens (primary N) is 1. The van der Waals surface area contributed by atoms with E-state index in [0.29, 0.717) is 12.8 Å².